The molecule has 0 aromatic heterocycles. The highest BCUT2D eigenvalue weighted by Crippen LogP contribution is 2.25. The summed E-state index contributed by atoms with van der Waals surface area (Å²) in [5, 5.41) is 0. The summed E-state index contributed by atoms with van der Waals surface area (Å²) in [6.07, 6.45) is 0. The molecule has 0 radical (unpaired) electrons. The van der Waals surface area contributed by atoms with Crippen molar-refractivity contribution >= 4 is 0 Å². The molecule has 1 unspecified atom stereocenters. The second-order valence-corrected chi connectivity index (χ2v) is 4.95. The molecule has 4 heteroatoms. The fraction of sp³-hybridized carbons (Fsp3) is 1.00. The third-order valence-electron chi connectivity index (χ3n) is 2.87. The zero-order chi connectivity index (χ0) is 11.6. The quantitative estimate of drug-likeness (QED) is 0.710. The molecular weight excluding hydrogens is 200 g/mol. The van der Waals surface area contributed by atoms with Crippen molar-refractivity contribution in [3.05, 3.63) is 0 Å². The third-order valence-corrected chi connectivity index (χ3v) is 2.87. The van der Waals surface area contributed by atoms with E-state index in [-0.39, 0.29) is 18.6 Å². The Kier molecular flexibility index (Phi) is 4.06. The summed E-state index contributed by atoms with van der Waals surface area (Å²) in [5.41, 5.74) is 0. The molecule has 1 aliphatic heterocycles. The van der Waals surface area contributed by atoms with Crippen LogP contribution in [0.2, 0.25) is 0 Å². The summed E-state index contributed by atoms with van der Waals surface area (Å²) in [6, 6.07) is 0.225. The first kappa shape index (κ1) is 12.8. The van der Waals surface area contributed by atoms with E-state index in [4.69, 9.17) is 4.74 Å². The van der Waals surface area contributed by atoms with Crippen LogP contribution in [0, 0.1) is 5.92 Å². The van der Waals surface area contributed by atoms with Crippen LogP contribution in [-0.4, -0.2) is 42.7 Å². The Morgan fingerprint density at radius 1 is 1.27 bits per heavy atom. The lowest BCUT2D eigenvalue weighted by Gasteiger charge is -2.36. The molecule has 0 aromatic carbocycles. The van der Waals surface area contributed by atoms with Crippen LogP contribution in [0.1, 0.15) is 27.7 Å². The second-order valence-electron chi connectivity index (χ2n) is 4.95. The van der Waals surface area contributed by atoms with Gasteiger partial charge in [-0.2, -0.15) is 0 Å². The zero-order valence-electron chi connectivity index (χ0n) is 9.96. The Balaban J connectivity index is 2.80. The Hall–Kier alpha value is -0.220. The highest BCUT2D eigenvalue weighted by molar-refractivity contribution is 4.85. The molecule has 1 aliphatic rings. The minimum Gasteiger partial charge on any atom is -0.374 e. The molecule has 1 heterocycles. The van der Waals surface area contributed by atoms with Crippen molar-refractivity contribution in [2.75, 3.05) is 19.8 Å². The molecule has 0 aromatic rings. The minimum absolute atomic E-state index is 0.0957. The first-order valence-corrected chi connectivity index (χ1v) is 5.55. The van der Waals surface area contributed by atoms with Crippen molar-refractivity contribution < 1.29 is 13.5 Å². The van der Waals surface area contributed by atoms with Crippen LogP contribution in [0.25, 0.3) is 0 Å². The Bertz CT molecular complexity index is 207. The third kappa shape index (κ3) is 3.38. The standard InChI is InChI=1S/C11H21F2NO/c1-8(2)10-5-15-7-11(12,13)6-14(10)9(3)4/h8-10H,5-7H2,1-4H3. The maximum Gasteiger partial charge on any atom is 0.283 e. The molecule has 1 atom stereocenters. The molecule has 0 spiro atoms. The van der Waals surface area contributed by atoms with Crippen molar-refractivity contribution in [1.29, 1.82) is 0 Å². The fourth-order valence-corrected chi connectivity index (χ4v) is 2.00. The average Bonchev–Trinajstić information content (AvgIpc) is 2.23. The van der Waals surface area contributed by atoms with E-state index in [1.165, 1.54) is 0 Å². The molecule has 0 aliphatic carbocycles. The lowest BCUT2D eigenvalue weighted by atomic mass is 10.0. The lowest BCUT2D eigenvalue weighted by molar-refractivity contribution is -0.0711. The topological polar surface area (TPSA) is 12.5 Å². The predicted octanol–water partition coefficient (Wildman–Crippen LogP) is 2.39. The van der Waals surface area contributed by atoms with Crippen LogP contribution in [0.5, 0.6) is 0 Å². The van der Waals surface area contributed by atoms with Crippen LogP contribution in [0.15, 0.2) is 0 Å². The van der Waals surface area contributed by atoms with Gasteiger partial charge in [0.25, 0.3) is 5.92 Å². The van der Waals surface area contributed by atoms with Crippen molar-refractivity contribution in [3.8, 4) is 0 Å². The first-order valence-electron chi connectivity index (χ1n) is 5.55. The van der Waals surface area contributed by atoms with Gasteiger partial charge < -0.3 is 4.74 Å². The van der Waals surface area contributed by atoms with E-state index >= 15 is 0 Å². The summed E-state index contributed by atoms with van der Waals surface area (Å²) < 4.78 is 31.8. The molecule has 1 saturated heterocycles. The molecule has 0 amide bonds. The molecule has 1 fully saturated rings. The van der Waals surface area contributed by atoms with Gasteiger partial charge in [-0.15, -0.1) is 0 Å². The Labute approximate surface area is 90.6 Å². The second kappa shape index (κ2) is 4.74. The number of hydrogen-bond acceptors (Lipinski definition) is 2. The molecule has 2 nitrogen and oxygen atoms in total. The molecule has 15 heavy (non-hydrogen) atoms. The number of alkyl halides is 2. The van der Waals surface area contributed by atoms with Crippen molar-refractivity contribution in [2.45, 2.75) is 45.7 Å². The smallest absolute Gasteiger partial charge is 0.283 e. The summed E-state index contributed by atoms with van der Waals surface area (Å²) in [4.78, 5) is 1.86. The van der Waals surface area contributed by atoms with Crippen LogP contribution < -0.4 is 0 Å². The largest absolute Gasteiger partial charge is 0.374 e. The van der Waals surface area contributed by atoms with Crippen molar-refractivity contribution in [1.82, 2.24) is 4.90 Å². The van der Waals surface area contributed by atoms with E-state index < -0.39 is 12.5 Å². The SMILES string of the molecule is CC(C)C1COCC(F)(F)CN1C(C)C. The van der Waals surface area contributed by atoms with Gasteiger partial charge >= 0.3 is 0 Å². The van der Waals surface area contributed by atoms with Gasteiger partial charge in [0.05, 0.1) is 13.2 Å². The van der Waals surface area contributed by atoms with Crippen LogP contribution in [-0.2, 0) is 4.74 Å². The van der Waals surface area contributed by atoms with Crippen LogP contribution >= 0.6 is 0 Å². The van der Waals surface area contributed by atoms with E-state index in [1.54, 1.807) is 0 Å². The van der Waals surface area contributed by atoms with Gasteiger partial charge in [0.15, 0.2) is 0 Å². The summed E-state index contributed by atoms with van der Waals surface area (Å²) in [5.74, 6) is -2.38. The monoisotopic (exact) mass is 221 g/mol. The van der Waals surface area contributed by atoms with Crippen molar-refractivity contribution in [2.24, 2.45) is 5.92 Å². The summed E-state index contributed by atoms with van der Waals surface area (Å²) in [7, 11) is 0. The van der Waals surface area contributed by atoms with Gasteiger partial charge in [-0.25, -0.2) is 8.78 Å². The molecular formula is C11H21F2NO. The maximum absolute atomic E-state index is 13.3. The number of rotatable bonds is 2. The van der Waals surface area contributed by atoms with Crippen LogP contribution in [0.3, 0.4) is 0 Å². The minimum atomic E-state index is -2.71. The van der Waals surface area contributed by atoms with E-state index in [9.17, 15) is 8.78 Å². The number of nitrogens with zero attached hydrogens (tertiary/aromatic N) is 1. The number of halogens is 2. The van der Waals surface area contributed by atoms with Gasteiger partial charge in [-0.3, -0.25) is 4.90 Å². The van der Waals surface area contributed by atoms with Gasteiger partial charge in [-0.1, -0.05) is 13.8 Å². The molecule has 0 bridgehead atoms. The van der Waals surface area contributed by atoms with Gasteiger partial charge in [-0.05, 0) is 19.8 Å². The molecule has 0 saturated carbocycles. The zero-order valence-corrected chi connectivity index (χ0v) is 9.96. The van der Waals surface area contributed by atoms with E-state index in [1.807, 2.05) is 32.6 Å². The highest BCUT2D eigenvalue weighted by Gasteiger charge is 2.39. The summed E-state index contributed by atoms with van der Waals surface area (Å²) >= 11 is 0. The predicted molar refractivity (Wildman–Crippen MR) is 56.2 cm³/mol. The van der Waals surface area contributed by atoms with Crippen LogP contribution in [0.4, 0.5) is 8.78 Å². The van der Waals surface area contributed by atoms with Gasteiger partial charge in [0, 0.05) is 12.1 Å². The normalized spacial score (nSPS) is 28.4. The van der Waals surface area contributed by atoms with Gasteiger partial charge in [0.2, 0.25) is 0 Å². The Morgan fingerprint density at radius 3 is 2.33 bits per heavy atom. The maximum atomic E-state index is 13.3. The average molecular weight is 221 g/mol. The highest BCUT2D eigenvalue weighted by atomic mass is 19.3. The lowest BCUT2D eigenvalue weighted by Crippen LogP contribution is -2.48. The molecule has 90 valence electrons. The number of ether oxygens (including phenoxy) is 1. The van der Waals surface area contributed by atoms with E-state index in [0.717, 1.165) is 0 Å². The summed E-state index contributed by atoms with van der Waals surface area (Å²) in [6.45, 7) is 7.78. The Morgan fingerprint density at radius 2 is 1.87 bits per heavy atom. The number of hydrogen-bond donors (Lipinski definition) is 0. The molecule has 0 N–H and O–H groups in total. The van der Waals surface area contributed by atoms with Crippen molar-refractivity contribution in [3.63, 3.8) is 0 Å². The molecule has 1 rings (SSSR count). The first-order chi connectivity index (χ1) is 6.83. The fourth-order valence-electron chi connectivity index (χ4n) is 2.00. The van der Waals surface area contributed by atoms with E-state index in [2.05, 4.69) is 0 Å². The van der Waals surface area contributed by atoms with E-state index in [0.29, 0.717) is 12.5 Å². The van der Waals surface area contributed by atoms with Gasteiger partial charge in [0.1, 0.15) is 6.61 Å².